The molecule has 27 heavy (non-hydrogen) atoms. The highest BCUT2D eigenvalue weighted by Gasteiger charge is 2.24. The van der Waals surface area contributed by atoms with E-state index in [0.717, 1.165) is 0 Å². The summed E-state index contributed by atoms with van der Waals surface area (Å²) in [6, 6.07) is 12.2. The van der Waals surface area contributed by atoms with Crippen LogP contribution in [0, 0.1) is 6.92 Å². The number of rotatable bonds is 5. The Morgan fingerprint density at radius 3 is 2.56 bits per heavy atom. The molecule has 0 radical (unpaired) electrons. The van der Waals surface area contributed by atoms with E-state index in [-0.39, 0.29) is 11.3 Å². The fourth-order valence-corrected chi connectivity index (χ4v) is 2.53. The molecule has 0 spiro atoms. The van der Waals surface area contributed by atoms with Crippen LogP contribution in [0.2, 0.25) is 0 Å². The first-order valence-corrected chi connectivity index (χ1v) is 8.11. The van der Waals surface area contributed by atoms with Gasteiger partial charge in [-0.1, -0.05) is 35.5 Å². The van der Waals surface area contributed by atoms with Crippen molar-refractivity contribution in [2.75, 3.05) is 6.61 Å². The molecule has 2 aromatic heterocycles. The summed E-state index contributed by atoms with van der Waals surface area (Å²) in [5.74, 6) is -1.78. The van der Waals surface area contributed by atoms with E-state index in [1.165, 1.54) is 0 Å². The minimum Gasteiger partial charge on any atom is -0.452 e. The molecule has 0 aliphatic heterocycles. The number of benzene rings is 1. The summed E-state index contributed by atoms with van der Waals surface area (Å²) in [4.78, 5) is 36.3. The number of amides is 2. The number of aryl methyl sites for hydroxylation is 2. The number of carbonyl (C=O) groups excluding carboxylic acids is 3. The zero-order valence-corrected chi connectivity index (χ0v) is 14.8. The maximum atomic E-state index is 12.4. The van der Waals surface area contributed by atoms with Gasteiger partial charge in [-0.3, -0.25) is 14.9 Å². The molecule has 2 heterocycles. The number of nitrogens with zero attached hydrogens (tertiary/aromatic N) is 2. The van der Waals surface area contributed by atoms with Crippen LogP contribution in [-0.4, -0.2) is 34.1 Å². The molecule has 138 valence electrons. The third kappa shape index (κ3) is 3.95. The lowest BCUT2D eigenvalue weighted by Gasteiger charge is -2.07. The van der Waals surface area contributed by atoms with Crippen LogP contribution in [0.1, 0.15) is 26.6 Å². The number of esters is 1. The number of ether oxygens (including phenoxy) is 1. The number of aromatic nitrogens is 2. The van der Waals surface area contributed by atoms with Crippen LogP contribution in [0.25, 0.3) is 11.3 Å². The summed E-state index contributed by atoms with van der Waals surface area (Å²) in [5, 5.41) is 6.06. The van der Waals surface area contributed by atoms with E-state index < -0.39 is 24.4 Å². The third-order valence-electron chi connectivity index (χ3n) is 3.88. The van der Waals surface area contributed by atoms with Gasteiger partial charge in [-0.05, 0) is 19.1 Å². The summed E-state index contributed by atoms with van der Waals surface area (Å²) in [7, 11) is 1.68. The molecule has 0 saturated carbocycles. The average molecular weight is 367 g/mol. The van der Waals surface area contributed by atoms with E-state index >= 15 is 0 Å². The Labute approximate surface area is 154 Å². The summed E-state index contributed by atoms with van der Waals surface area (Å²) < 4.78 is 11.7. The molecule has 3 rings (SSSR count). The second kappa shape index (κ2) is 7.69. The molecule has 1 N–H and O–H groups in total. The topological polar surface area (TPSA) is 103 Å². The summed E-state index contributed by atoms with van der Waals surface area (Å²) in [6.45, 7) is 0.975. The molecule has 1 aromatic carbocycles. The lowest BCUT2D eigenvalue weighted by Crippen LogP contribution is -2.35. The van der Waals surface area contributed by atoms with Gasteiger partial charge in [0.1, 0.15) is 22.7 Å². The van der Waals surface area contributed by atoms with Crippen molar-refractivity contribution in [3.8, 4) is 11.3 Å². The second-order valence-corrected chi connectivity index (χ2v) is 5.79. The number of carbonyl (C=O) groups is 3. The summed E-state index contributed by atoms with van der Waals surface area (Å²) >= 11 is 0. The highest BCUT2D eigenvalue weighted by atomic mass is 16.5. The Balaban J connectivity index is 1.65. The lowest BCUT2D eigenvalue weighted by atomic mass is 10.1. The normalized spacial score (nSPS) is 10.4. The molecule has 0 fully saturated rings. The van der Waals surface area contributed by atoms with E-state index in [1.807, 2.05) is 6.07 Å². The highest BCUT2D eigenvalue weighted by Crippen LogP contribution is 2.25. The Morgan fingerprint density at radius 2 is 1.89 bits per heavy atom. The van der Waals surface area contributed by atoms with Crippen molar-refractivity contribution in [1.29, 1.82) is 0 Å². The molecule has 0 saturated heterocycles. The first kappa shape index (κ1) is 18.1. The minimum absolute atomic E-state index is 0.141. The smallest absolute Gasteiger partial charge is 0.344 e. The Bertz CT molecular complexity index is 988. The monoisotopic (exact) mass is 367 g/mol. The van der Waals surface area contributed by atoms with Gasteiger partial charge in [-0.15, -0.1) is 0 Å². The quantitative estimate of drug-likeness (QED) is 0.693. The zero-order chi connectivity index (χ0) is 19.4. The Hall–Kier alpha value is -3.68. The maximum Gasteiger partial charge on any atom is 0.344 e. The van der Waals surface area contributed by atoms with Gasteiger partial charge in [0, 0.05) is 18.8 Å². The molecule has 0 aliphatic rings. The van der Waals surface area contributed by atoms with Gasteiger partial charge >= 0.3 is 5.97 Å². The first-order valence-electron chi connectivity index (χ1n) is 8.11. The van der Waals surface area contributed by atoms with Gasteiger partial charge in [0.2, 0.25) is 0 Å². The number of nitrogens with one attached hydrogen (secondary N) is 1. The van der Waals surface area contributed by atoms with Gasteiger partial charge < -0.3 is 13.8 Å². The lowest BCUT2D eigenvalue weighted by molar-refractivity contribution is -0.123. The van der Waals surface area contributed by atoms with Crippen LogP contribution in [0.15, 0.2) is 53.2 Å². The maximum absolute atomic E-state index is 12.4. The van der Waals surface area contributed by atoms with Crippen LogP contribution in [-0.2, 0) is 16.6 Å². The van der Waals surface area contributed by atoms with Crippen LogP contribution >= 0.6 is 0 Å². The fourth-order valence-electron chi connectivity index (χ4n) is 2.53. The van der Waals surface area contributed by atoms with Gasteiger partial charge in [0.15, 0.2) is 6.61 Å². The molecular weight excluding hydrogens is 350 g/mol. The van der Waals surface area contributed by atoms with Gasteiger partial charge in [-0.2, -0.15) is 0 Å². The Morgan fingerprint density at radius 1 is 1.15 bits per heavy atom. The van der Waals surface area contributed by atoms with Gasteiger partial charge in [-0.25, -0.2) is 4.79 Å². The predicted molar refractivity (Wildman–Crippen MR) is 94.8 cm³/mol. The van der Waals surface area contributed by atoms with Crippen LogP contribution in [0.5, 0.6) is 0 Å². The molecule has 2 amide bonds. The van der Waals surface area contributed by atoms with Gasteiger partial charge in [0.05, 0.1) is 0 Å². The summed E-state index contributed by atoms with van der Waals surface area (Å²) in [5.41, 5.74) is 1.47. The minimum atomic E-state index is -0.755. The SMILES string of the molecule is Cc1onc(-c2ccccc2)c1C(=O)OCC(=O)NC(=O)c1cccn1C. The number of imide groups is 1. The third-order valence-corrected chi connectivity index (χ3v) is 3.88. The van der Waals surface area contributed by atoms with E-state index in [9.17, 15) is 14.4 Å². The predicted octanol–water partition coefficient (Wildman–Crippen LogP) is 2.10. The molecule has 8 heteroatoms. The largest absolute Gasteiger partial charge is 0.452 e. The fraction of sp³-hybridized carbons (Fsp3) is 0.158. The van der Waals surface area contributed by atoms with Crippen LogP contribution < -0.4 is 5.32 Å². The molecule has 0 aliphatic carbocycles. The number of hydrogen-bond donors (Lipinski definition) is 1. The number of hydrogen-bond acceptors (Lipinski definition) is 6. The molecule has 0 bridgehead atoms. The van der Waals surface area contributed by atoms with E-state index in [1.54, 1.807) is 61.1 Å². The van der Waals surface area contributed by atoms with Crippen molar-refractivity contribution in [2.24, 2.45) is 7.05 Å². The molecule has 0 unspecified atom stereocenters. The molecular formula is C19H17N3O5. The summed E-state index contributed by atoms with van der Waals surface area (Å²) in [6.07, 6.45) is 1.68. The average Bonchev–Trinajstić information content (AvgIpc) is 3.26. The van der Waals surface area contributed by atoms with Crippen molar-refractivity contribution in [1.82, 2.24) is 15.0 Å². The van der Waals surface area contributed by atoms with Crippen molar-refractivity contribution >= 4 is 17.8 Å². The van der Waals surface area contributed by atoms with Crippen LogP contribution in [0.3, 0.4) is 0 Å². The zero-order valence-electron chi connectivity index (χ0n) is 14.8. The van der Waals surface area contributed by atoms with E-state index in [4.69, 9.17) is 9.26 Å². The van der Waals surface area contributed by atoms with Crippen molar-refractivity contribution < 1.29 is 23.6 Å². The second-order valence-electron chi connectivity index (χ2n) is 5.79. The van der Waals surface area contributed by atoms with Crippen LogP contribution in [0.4, 0.5) is 0 Å². The van der Waals surface area contributed by atoms with E-state index in [0.29, 0.717) is 17.0 Å². The first-order chi connectivity index (χ1) is 13.0. The highest BCUT2D eigenvalue weighted by molar-refractivity contribution is 6.05. The molecule has 0 atom stereocenters. The van der Waals surface area contributed by atoms with Crippen molar-refractivity contribution in [3.05, 3.63) is 65.7 Å². The van der Waals surface area contributed by atoms with Crippen molar-refractivity contribution in [3.63, 3.8) is 0 Å². The van der Waals surface area contributed by atoms with Gasteiger partial charge in [0.25, 0.3) is 11.8 Å². The van der Waals surface area contributed by atoms with E-state index in [2.05, 4.69) is 10.5 Å². The molecule has 3 aromatic rings. The van der Waals surface area contributed by atoms with Crippen molar-refractivity contribution in [2.45, 2.75) is 6.92 Å². The molecule has 8 nitrogen and oxygen atoms in total. The standard InChI is InChI=1S/C19H17N3O5/c1-12-16(17(21-27-12)13-7-4-3-5-8-13)19(25)26-11-15(23)20-18(24)14-9-6-10-22(14)2/h3-10H,11H2,1-2H3,(H,20,23,24). The Kier molecular flexibility index (Phi) is 5.16.